The van der Waals surface area contributed by atoms with Crippen LogP contribution in [0.5, 0.6) is 0 Å². The summed E-state index contributed by atoms with van der Waals surface area (Å²) in [7, 11) is 0. The van der Waals surface area contributed by atoms with Gasteiger partial charge in [-0.1, -0.05) is 127 Å². The maximum Gasteiger partial charge on any atom is 0.180 e. The van der Waals surface area contributed by atoms with Crippen LogP contribution in [0.15, 0.2) is 146 Å². The highest BCUT2D eigenvalue weighted by atomic mass is 19.2. The molecule has 0 aliphatic rings. The lowest BCUT2D eigenvalue weighted by Crippen LogP contribution is -2.04. The molecule has 0 radical (unpaired) electrons. The fourth-order valence-electron chi connectivity index (χ4n) is 7.09. The Labute approximate surface area is 306 Å². The lowest BCUT2D eigenvalue weighted by molar-refractivity contribution is 0.454. The zero-order chi connectivity index (χ0) is 36.9. The number of halogens is 4. The van der Waals surface area contributed by atoms with Crippen molar-refractivity contribution in [3.05, 3.63) is 174 Å². The summed E-state index contributed by atoms with van der Waals surface area (Å²) >= 11 is 0. The van der Waals surface area contributed by atoms with Gasteiger partial charge in [-0.3, -0.25) is 0 Å². The number of rotatable bonds is 5. The summed E-state index contributed by atoms with van der Waals surface area (Å²) in [6.07, 6.45) is 0. The van der Waals surface area contributed by atoms with Gasteiger partial charge in [0.15, 0.2) is 23.3 Å². The first kappa shape index (κ1) is 32.7. The molecule has 8 heteroatoms. The molecule has 0 unspecified atom stereocenters. The van der Waals surface area contributed by atoms with Gasteiger partial charge in [-0.05, 0) is 29.3 Å². The summed E-state index contributed by atoms with van der Waals surface area (Å²) < 4.78 is 60.3. The van der Waals surface area contributed by atoms with Crippen LogP contribution in [0, 0.1) is 34.6 Å². The van der Waals surface area contributed by atoms with E-state index in [-0.39, 0.29) is 5.56 Å². The molecule has 2 heterocycles. The first-order valence-corrected chi connectivity index (χ1v) is 17.0. The minimum absolute atomic E-state index is 0.129. The molecule has 0 aliphatic heterocycles. The Hall–Kier alpha value is -7.24. The molecular weight excluding hydrogens is 685 g/mol. The van der Waals surface area contributed by atoms with E-state index in [9.17, 15) is 8.78 Å². The van der Waals surface area contributed by atoms with E-state index in [2.05, 4.69) is 0 Å². The summed E-state index contributed by atoms with van der Waals surface area (Å²) in [5.41, 5.74) is 5.26. The molecule has 0 atom stereocenters. The molecule has 0 spiro atoms. The van der Waals surface area contributed by atoms with Gasteiger partial charge in [0.1, 0.15) is 11.6 Å². The van der Waals surface area contributed by atoms with E-state index in [0.717, 1.165) is 33.0 Å². The number of fused-ring (bicyclic) bond motifs is 5. The van der Waals surface area contributed by atoms with E-state index < -0.39 is 34.4 Å². The van der Waals surface area contributed by atoms with Gasteiger partial charge in [-0.25, -0.2) is 32.5 Å². The number of para-hydroxylation sites is 1. The number of pyridine rings is 1. The lowest BCUT2D eigenvalue weighted by Gasteiger charge is -2.18. The van der Waals surface area contributed by atoms with Crippen LogP contribution in [0.25, 0.3) is 88.7 Å². The van der Waals surface area contributed by atoms with E-state index in [4.69, 9.17) is 20.2 Å². The van der Waals surface area contributed by atoms with E-state index in [1.165, 1.54) is 18.2 Å². The van der Waals surface area contributed by atoms with Crippen LogP contribution in [0.1, 0.15) is 5.56 Å². The van der Waals surface area contributed by atoms with E-state index >= 15 is 8.78 Å². The van der Waals surface area contributed by atoms with Gasteiger partial charge in [-0.2, -0.15) is 5.26 Å². The normalized spacial score (nSPS) is 11.3. The van der Waals surface area contributed by atoms with Crippen molar-refractivity contribution in [3.63, 3.8) is 0 Å². The molecule has 0 N–H and O–H groups in total. The zero-order valence-corrected chi connectivity index (χ0v) is 28.2. The van der Waals surface area contributed by atoms with Gasteiger partial charge in [0.2, 0.25) is 0 Å². The largest absolute Gasteiger partial charge is 0.247 e. The summed E-state index contributed by atoms with van der Waals surface area (Å²) in [5.74, 6) is -6.83. The number of benzene rings is 7. The van der Waals surface area contributed by atoms with Crippen LogP contribution in [0.4, 0.5) is 17.6 Å². The van der Waals surface area contributed by atoms with Crippen molar-refractivity contribution in [3.8, 4) is 62.1 Å². The first-order valence-electron chi connectivity index (χ1n) is 17.0. The lowest BCUT2D eigenvalue weighted by atomic mass is 9.92. The Morgan fingerprint density at radius 3 is 1.56 bits per heavy atom. The van der Waals surface area contributed by atoms with Gasteiger partial charge < -0.3 is 0 Å². The Morgan fingerprint density at radius 1 is 0.426 bits per heavy atom. The molecule has 0 bridgehead atoms. The minimum atomic E-state index is -1.76. The molecule has 7 aromatic carbocycles. The number of hydrogen-bond acceptors (Lipinski definition) is 4. The summed E-state index contributed by atoms with van der Waals surface area (Å²) in [6, 6.07) is 46.4. The quantitative estimate of drug-likeness (QED) is 0.101. The fraction of sp³-hybridized carbons (Fsp3) is 0. The summed E-state index contributed by atoms with van der Waals surface area (Å²) in [5, 5.41) is 11.4. The average Bonchev–Trinajstić information content (AvgIpc) is 3.23. The van der Waals surface area contributed by atoms with E-state index in [1.54, 1.807) is 12.1 Å². The third-order valence-electron chi connectivity index (χ3n) is 9.59. The van der Waals surface area contributed by atoms with Crippen molar-refractivity contribution < 1.29 is 17.6 Å². The molecule has 9 aromatic rings. The molecule has 9 rings (SSSR count). The van der Waals surface area contributed by atoms with Gasteiger partial charge in [-0.15, -0.1) is 0 Å². The molecule has 0 aliphatic carbocycles. The Balaban J connectivity index is 1.42. The minimum Gasteiger partial charge on any atom is -0.247 e. The van der Waals surface area contributed by atoms with Crippen molar-refractivity contribution in [1.29, 1.82) is 5.26 Å². The monoisotopic (exact) mass is 708 g/mol. The predicted octanol–water partition coefficient (Wildman–Crippen LogP) is 12.1. The van der Waals surface area contributed by atoms with E-state index in [0.29, 0.717) is 44.6 Å². The smallest absolute Gasteiger partial charge is 0.180 e. The highest BCUT2D eigenvalue weighted by molar-refractivity contribution is 6.24. The van der Waals surface area contributed by atoms with E-state index in [1.807, 2.05) is 121 Å². The predicted molar refractivity (Wildman–Crippen MR) is 204 cm³/mol. The van der Waals surface area contributed by atoms with Gasteiger partial charge in [0.25, 0.3) is 0 Å². The van der Waals surface area contributed by atoms with Gasteiger partial charge in [0.05, 0.1) is 39.2 Å². The van der Waals surface area contributed by atoms with Crippen molar-refractivity contribution in [2.24, 2.45) is 0 Å². The van der Waals surface area contributed by atoms with Gasteiger partial charge in [0, 0.05) is 38.4 Å². The first-order chi connectivity index (χ1) is 26.4. The standard InChI is InChI=1S/C46H24F4N4/c47-38-34(25-51)39(48)41(50)36(40(38)49)29-19-12-20-30(23-29)42-33-24-32(26-13-4-1-5-14-26)45-46(37(33)31-21-10-11-22-35(31)52-42)54-44(28-17-8-3-9-18-28)43(53-45)27-15-6-2-7-16-27/h1-24H. The topological polar surface area (TPSA) is 62.5 Å². The van der Waals surface area contributed by atoms with Crippen molar-refractivity contribution in [2.45, 2.75) is 0 Å². The van der Waals surface area contributed by atoms with Crippen molar-refractivity contribution >= 4 is 32.7 Å². The molecule has 0 amide bonds. The number of nitriles is 1. The van der Waals surface area contributed by atoms with Crippen molar-refractivity contribution in [2.75, 3.05) is 0 Å². The molecule has 256 valence electrons. The third-order valence-corrected chi connectivity index (χ3v) is 9.59. The Bertz CT molecular complexity index is 2950. The maximum absolute atomic E-state index is 15.4. The Kier molecular flexibility index (Phi) is 7.90. The third kappa shape index (κ3) is 5.25. The average molecular weight is 709 g/mol. The highest BCUT2D eigenvalue weighted by Gasteiger charge is 2.27. The maximum atomic E-state index is 15.4. The zero-order valence-electron chi connectivity index (χ0n) is 28.2. The molecular formula is C46H24F4N4. The second kappa shape index (κ2) is 13.1. The SMILES string of the molecule is N#Cc1c(F)c(F)c(-c2cccc(-c3nc4ccccc4c4c3cc(-c3ccccc3)c3nc(-c5ccccc5)c(-c5ccccc5)nc34)c2)c(F)c1F. The summed E-state index contributed by atoms with van der Waals surface area (Å²) in [6.45, 7) is 0. The van der Waals surface area contributed by atoms with Crippen LogP contribution in [-0.2, 0) is 0 Å². The number of aromatic nitrogens is 3. The second-order valence-corrected chi connectivity index (χ2v) is 12.7. The van der Waals surface area contributed by atoms with Gasteiger partial charge >= 0.3 is 0 Å². The molecule has 0 saturated heterocycles. The molecule has 2 aromatic heterocycles. The molecule has 54 heavy (non-hydrogen) atoms. The second-order valence-electron chi connectivity index (χ2n) is 12.7. The highest BCUT2D eigenvalue weighted by Crippen LogP contribution is 2.43. The van der Waals surface area contributed by atoms with Crippen LogP contribution in [-0.4, -0.2) is 15.0 Å². The number of hydrogen-bond donors (Lipinski definition) is 0. The fourth-order valence-corrected chi connectivity index (χ4v) is 7.09. The number of nitrogens with zero attached hydrogens (tertiary/aromatic N) is 4. The van der Waals surface area contributed by atoms with Crippen LogP contribution in [0.2, 0.25) is 0 Å². The Morgan fingerprint density at radius 2 is 0.944 bits per heavy atom. The summed E-state index contributed by atoms with van der Waals surface area (Å²) in [4.78, 5) is 15.9. The molecule has 0 fully saturated rings. The van der Waals surface area contributed by atoms with Crippen LogP contribution in [0.3, 0.4) is 0 Å². The van der Waals surface area contributed by atoms with Crippen molar-refractivity contribution in [1.82, 2.24) is 15.0 Å². The van der Waals surface area contributed by atoms with Crippen LogP contribution < -0.4 is 0 Å². The van der Waals surface area contributed by atoms with Crippen LogP contribution >= 0.6 is 0 Å². The molecule has 0 saturated carbocycles. The molecule has 4 nitrogen and oxygen atoms in total.